The van der Waals surface area contributed by atoms with Crippen LogP contribution < -0.4 is 10.0 Å². The van der Waals surface area contributed by atoms with E-state index in [0.29, 0.717) is 16.8 Å². The molecule has 0 aliphatic rings. The maximum atomic E-state index is 12.9. The number of hydrogen-bond donors (Lipinski definition) is 2. The number of sulfonamides is 1. The van der Waals surface area contributed by atoms with Crippen molar-refractivity contribution in [2.75, 3.05) is 4.72 Å². The summed E-state index contributed by atoms with van der Waals surface area (Å²) < 4.78 is 28.3. The lowest BCUT2D eigenvalue weighted by molar-refractivity contribution is 0.0939. The molecule has 6 heteroatoms. The van der Waals surface area contributed by atoms with Crippen molar-refractivity contribution in [1.29, 1.82) is 0 Å². The number of anilines is 1. The van der Waals surface area contributed by atoms with Crippen molar-refractivity contribution < 1.29 is 13.2 Å². The summed E-state index contributed by atoms with van der Waals surface area (Å²) in [5.41, 5.74) is 3.35. The highest BCUT2D eigenvalue weighted by molar-refractivity contribution is 7.92. The van der Waals surface area contributed by atoms with Crippen LogP contribution in [-0.4, -0.2) is 14.3 Å². The number of benzene rings is 3. The van der Waals surface area contributed by atoms with Crippen LogP contribution in [0.1, 0.15) is 40.0 Å². The molecule has 0 spiro atoms. The van der Waals surface area contributed by atoms with Gasteiger partial charge in [0.05, 0.1) is 10.9 Å². The number of aryl methyl sites for hydroxylation is 2. The Labute approximate surface area is 171 Å². The van der Waals surface area contributed by atoms with Gasteiger partial charge in [0, 0.05) is 11.3 Å². The van der Waals surface area contributed by atoms with Gasteiger partial charge in [-0.15, -0.1) is 0 Å². The first kappa shape index (κ1) is 20.6. The molecule has 1 amide bonds. The van der Waals surface area contributed by atoms with Gasteiger partial charge >= 0.3 is 0 Å². The Morgan fingerprint density at radius 1 is 0.897 bits per heavy atom. The van der Waals surface area contributed by atoms with Crippen molar-refractivity contribution in [2.24, 2.45) is 0 Å². The van der Waals surface area contributed by atoms with Crippen LogP contribution in [0.3, 0.4) is 0 Å². The Bertz CT molecular complexity index is 1110. The molecule has 0 radical (unpaired) electrons. The fourth-order valence-electron chi connectivity index (χ4n) is 2.97. The highest BCUT2D eigenvalue weighted by atomic mass is 32.2. The van der Waals surface area contributed by atoms with Gasteiger partial charge in [0.2, 0.25) is 0 Å². The quantitative estimate of drug-likeness (QED) is 0.626. The average Bonchev–Trinajstić information content (AvgIpc) is 2.70. The summed E-state index contributed by atoms with van der Waals surface area (Å²) in [6.45, 7) is 5.52. The Balaban J connectivity index is 1.83. The van der Waals surface area contributed by atoms with E-state index in [0.717, 1.165) is 11.1 Å². The summed E-state index contributed by atoms with van der Waals surface area (Å²) in [7, 11) is -3.82. The van der Waals surface area contributed by atoms with Gasteiger partial charge in [-0.3, -0.25) is 9.52 Å². The minimum absolute atomic E-state index is 0.0816. The smallest absolute Gasteiger partial charge is 0.262 e. The maximum absolute atomic E-state index is 12.9. The first-order valence-corrected chi connectivity index (χ1v) is 10.8. The molecule has 150 valence electrons. The van der Waals surface area contributed by atoms with Crippen molar-refractivity contribution in [2.45, 2.75) is 31.7 Å². The Morgan fingerprint density at radius 3 is 2.21 bits per heavy atom. The van der Waals surface area contributed by atoms with Gasteiger partial charge in [-0.25, -0.2) is 8.42 Å². The summed E-state index contributed by atoms with van der Waals surface area (Å²) in [5.74, 6) is -0.326. The zero-order valence-electron chi connectivity index (χ0n) is 16.6. The van der Waals surface area contributed by atoms with Crippen LogP contribution in [0, 0.1) is 13.8 Å². The van der Waals surface area contributed by atoms with Gasteiger partial charge in [0.25, 0.3) is 15.9 Å². The molecule has 1 atom stereocenters. The van der Waals surface area contributed by atoms with Crippen molar-refractivity contribution in [3.05, 3.63) is 95.1 Å². The highest BCUT2D eigenvalue weighted by Crippen LogP contribution is 2.22. The van der Waals surface area contributed by atoms with Gasteiger partial charge in [-0.2, -0.15) is 0 Å². The zero-order valence-corrected chi connectivity index (χ0v) is 17.5. The van der Waals surface area contributed by atoms with E-state index >= 15 is 0 Å². The molecular weight excluding hydrogens is 384 g/mol. The van der Waals surface area contributed by atoms with Crippen LogP contribution in [0.4, 0.5) is 5.69 Å². The van der Waals surface area contributed by atoms with Gasteiger partial charge in [-0.05, 0) is 56.2 Å². The van der Waals surface area contributed by atoms with E-state index in [4.69, 9.17) is 0 Å². The monoisotopic (exact) mass is 408 g/mol. The van der Waals surface area contributed by atoms with Crippen LogP contribution in [0.15, 0.2) is 77.7 Å². The molecule has 3 aromatic rings. The summed E-state index contributed by atoms with van der Waals surface area (Å²) in [6.07, 6.45) is 0. The maximum Gasteiger partial charge on any atom is 0.262 e. The Kier molecular flexibility index (Phi) is 6.03. The Morgan fingerprint density at radius 2 is 1.55 bits per heavy atom. The van der Waals surface area contributed by atoms with E-state index in [1.54, 1.807) is 31.2 Å². The van der Waals surface area contributed by atoms with Gasteiger partial charge in [0.15, 0.2) is 0 Å². The van der Waals surface area contributed by atoms with Crippen molar-refractivity contribution >= 4 is 21.6 Å². The molecule has 3 aromatic carbocycles. The molecule has 0 heterocycles. The summed E-state index contributed by atoms with van der Waals surface area (Å²) in [4.78, 5) is 12.8. The standard InChI is InChI=1S/C23H24N2O3S/c1-16-9-13-21(14-10-16)25-29(27,28)22-15-20(12-11-17(22)2)23(26)24-18(3)19-7-5-4-6-8-19/h4-15,18,25H,1-3H3,(H,24,26)/t18-/m1/s1. The zero-order chi connectivity index (χ0) is 21.0. The lowest BCUT2D eigenvalue weighted by Crippen LogP contribution is -2.27. The van der Waals surface area contributed by atoms with E-state index in [2.05, 4.69) is 10.0 Å². The van der Waals surface area contributed by atoms with Crippen molar-refractivity contribution in [1.82, 2.24) is 5.32 Å². The van der Waals surface area contributed by atoms with Crippen LogP contribution in [0.5, 0.6) is 0 Å². The molecule has 0 bridgehead atoms. The number of carbonyl (C=O) groups is 1. The van der Waals surface area contributed by atoms with Crippen LogP contribution in [-0.2, 0) is 10.0 Å². The molecule has 29 heavy (non-hydrogen) atoms. The lowest BCUT2D eigenvalue weighted by Gasteiger charge is -2.16. The molecule has 0 fully saturated rings. The summed E-state index contributed by atoms with van der Waals surface area (Å²) in [6, 6.07) is 21.2. The van der Waals surface area contributed by atoms with E-state index in [1.165, 1.54) is 6.07 Å². The molecule has 0 saturated heterocycles. The third-order valence-corrected chi connectivity index (χ3v) is 6.21. The molecule has 5 nitrogen and oxygen atoms in total. The van der Waals surface area contributed by atoms with Gasteiger partial charge < -0.3 is 5.32 Å². The third kappa shape index (κ3) is 5.03. The molecular formula is C23H24N2O3S. The number of rotatable bonds is 6. The van der Waals surface area contributed by atoms with Crippen molar-refractivity contribution in [3.8, 4) is 0 Å². The topological polar surface area (TPSA) is 75.3 Å². The average molecular weight is 409 g/mol. The SMILES string of the molecule is Cc1ccc(NS(=O)(=O)c2cc(C(=O)N[C@H](C)c3ccccc3)ccc2C)cc1. The lowest BCUT2D eigenvalue weighted by atomic mass is 10.1. The second-order valence-corrected chi connectivity index (χ2v) is 8.71. The first-order valence-electron chi connectivity index (χ1n) is 9.32. The third-order valence-electron chi connectivity index (χ3n) is 4.69. The predicted molar refractivity (Wildman–Crippen MR) is 115 cm³/mol. The van der Waals surface area contributed by atoms with Crippen LogP contribution >= 0.6 is 0 Å². The van der Waals surface area contributed by atoms with Crippen molar-refractivity contribution in [3.63, 3.8) is 0 Å². The molecule has 0 saturated carbocycles. The van der Waals surface area contributed by atoms with E-state index < -0.39 is 10.0 Å². The van der Waals surface area contributed by atoms with Crippen LogP contribution in [0.2, 0.25) is 0 Å². The Hall–Kier alpha value is -3.12. The van der Waals surface area contributed by atoms with E-state index in [1.807, 2.05) is 56.3 Å². The van der Waals surface area contributed by atoms with Crippen LogP contribution in [0.25, 0.3) is 0 Å². The molecule has 0 aliphatic heterocycles. The summed E-state index contributed by atoms with van der Waals surface area (Å²) in [5, 5.41) is 2.91. The largest absolute Gasteiger partial charge is 0.346 e. The van der Waals surface area contributed by atoms with Gasteiger partial charge in [0.1, 0.15) is 0 Å². The number of nitrogens with one attached hydrogen (secondary N) is 2. The molecule has 0 unspecified atom stereocenters. The number of carbonyl (C=O) groups excluding carboxylic acids is 1. The molecule has 0 aliphatic carbocycles. The molecule has 0 aromatic heterocycles. The van der Waals surface area contributed by atoms with Gasteiger partial charge in [-0.1, -0.05) is 54.1 Å². The van der Waals surface area contributed by atoms with E-state index in [-0.39, 0.29) is 16.8 Å². The highest BCUT2D eigenvalue weighted by Gasteiger charge is 2.20. The first-order chi connectivity index (χ1) is 13.8. The predicted octanol–water partition coefficient (Wildman–Crippen LogP) is 4.60. The minimum Gasteiger partial charge on any atom is -0.346 e. The summed E-state index contributed by atoms with van der Waals surface area (Å²) >= 11 is 0. The fraction of sp³-hybridized carbons (Fsp3) is 0.174. The molecule has 2 N–H and O–H groups in total. The fourth-order valence-corrected chi connectivity index (χ4v) is 4.30. The number of hydrogen-bond acceptors (Lipinski definition) is 3. The van der Waals surface area contributed by atoms with E-state index in [9.17, 15) is 13.2 Å². The number of amides is 1. The normalized spacial score (nSPS) is 12.2. The molecule has 3 rings (SSSR count). The second kappa shape index (κ2) is 8.49. The second-order valence-electron chi connectivity index (χ2n) is 7.06. The minimum atomic E-state index is -3.82.